The van der Waals surface area contributed by atoms with Crippen molar-refractivity contribution in [2.75, 3.05) is 24.0 Å². The molecule has 0 aromatic heterocycles. The number of amides is 1. The Bertz CT molecular complexity index is 768. The number of fused-ring (bicyclic) bond motifs is 1. The van der Waals surface area contributed by atoms with E-state index in [2.05, 4.69) is 10.6 Å². The number of carbonyl (C=O) groups excluding carboxylic acids is 1. The Morgan fingerprint density at radius 3 is 2.87 bits per heavy atom. The van der Waals surface area contributed by atoms with Crippen LogP contribution in [-0.2, 0) is 4.79 Å². The fourth-order valence-corrected chi connectivity index (χ4v) is 2.22. The minimum atomic E-state index is -0.117. The first-order chi connectivity index (χ1) is 11.2. The van der Waals surface area contributed by atoms with Crippen molar-refractivity contribution in [1.29, 1.82) is 5.26 Å². The van der Waals surface area contributed by atoms with E-state index in [4.69, 9.17) is 14.7 Å². The van der Waals surface area contributed by atoms with E-state index in [1.807, 2.05) is 24.3 Å². The standard InChI is InChI=1S/C17H15N3O3/c18-10-12-2-1-3-14(8-12)20-17(21)6-7-19-13-4-5-15-16(9-13)23-11-22-15/h1-5,8-9,19H,6-7,11H2,(H,20,21). The molecule has 1 heterocycles. The van der Waals surface area contributed by atoms with E-state index in [9.17, 15) is 4.79 Å². The van der Waals surface area contributed by atoms with Gasteiger partial charge in [-0.2, -0.15) is 5.26 Å². The second kappa shape index (κ2) is 6.71. The number of nitrogens with one attached hydrogen (secondary N) is 2. The lowest BCUT2D eigenvalue weighted by atomic mass is 10.2. The number of anilines is 2. The van der Waals surface area contributed by atoms with E-state index < -0.39 is 0 Å². The first-order valence-electron chi connectivity index (χ1n) is 7.18. The Labute approximate surface area is 133 Å². The average Bonchev–Trinajstić information content (AvgIpc) is 3.02. The molecule has 0 atom stereocenters. The molecule has 6 heteroatoms. The molecule has 0 spiro atoms. The molecule has 0 saturated heterocycles. The molecule has 3 rings (SSSR count). The van der Waals surface area contributed by atoms with Gasteiger partial charge in [-0.25, -0.2) is 0 Å². The van der Waals surface area contributed by atoms with Gasteiger partial charge >= 0.3 is 0 Å². The quantitative estimate of drug-likeness (QED) is 0.887. The topological polar surface area (TPSA) is 83.4 Å². The summed E-state index contributed by atoms with van der Waals surface area (Å²) in [6.45, 7) is 0.729. The van der Waals surface area contributed by atoms with Crippen molar-refractivity contribution in [3.8, 4) is 17.6 Å². The van der Waals surface area contributed by atoms with Crippen molar-refractivity contribution in [3.05, 3.63) is 48.0 Å². The molecule has 1 amide bonds. The van der Waals surface area contributed by atoms with Gasteiger partial charge in [0.2, 0.25) is 12.7 Å². The Morgan fingerprint density at radius 2 is 2.00 bits per heavy atom. The van der Waals surface area contributed by atoms with Gasteiger partial charge in [-0.3, -0.25) is 4.79 Å². The van der Waals surface area contributed by atoms with E-state index in [0.29, 0.717) is 30.0 Å². The van der Waals surface area contributed by atoms with Gasteiger partial charge in [-0.1, -0.05) is 6.07 Å². The maximum absolute atomic E-state index is 11.9. The molecule has 6 nitrogen and oxygen atoms in total. The highest BCUT2D eigenvalue weighted by Crippen LogP contribution is 2.34. The van der Waals surface area contributed by atoms with Crippen LogP contribution in [0.4, 0.5) is 11.4 Å². The highest BCUT2D eigenvalue weighted by Gasteiger charge is 2.13. The van der Waals surface area contributed by atoms with E-state index in [1.165, 1.54) is 0 Å². The third-order valence-corrected chi connectivity index (χ3v) is 3.33. The second-order valence-corrected chi connectivity index (χ2v) is 4.99. The van der Waals surface area contributed by atoms with Crippen LogP contribution >= 0.6 is 0 Å². The molecular formula is C17H15N3O3. The summed E-state index contributed by atoms with van der Waals surface area (Å²) in [5.74, 6) is 1.31. The van der Waals surface area contributed by atoms with Gasteiger partial charge in [0, 0.05) is 30.4 Å². The molecule has 116 valence electrons. The zero-order valence-corrected chi connectivity index (χ0v) is 12.3. The summed E-state index contributed by atoms with van der Waals surface area (Å²) in [5, 5.41) is 14.8. The normalized spacial score (nSPS) is 11.6. The van der Waals surface area contributed by atoms with Crippen LogP contribution < -0.4 is 20.1 Å². The number of hydrogen-bond acceptors (Lipinski definition) is 5. The molecule has 0 radical (unpaired) electrons. The molecular weight excluding hydrogens is 294 g/mol. The van der Waals surface area contributed by atoms with Crippen molar-refractivity contribution in [2.45, 2.75) is 6.42 Å². The van der Waals surface area contributed by atoms with E-state index >= 15 is 0 Å². The molecule has 2 aromatic carbocycles. The molecule has 2 N–H and O–H groups in total. The maximum atomic E-state index is 11.9. The molecule has 1 aliphatic rings. The summed E-state index contributed by atoms with van der Waals surface area (Å²) in [6, 6.07) is 14.4. The first-order valence-corrected chi connectivity index (χ1v) is 7.18. The van der Waals surface area contributed by atoms with Crippen molar-refractivity contribution < 1.29 is 14.3 Å². The first kappa shape index (κ1) is 14.7. The predicted octanol–water partition coefficient (Wildman–Crippen LogP) is 2.73. The van der Waals surface area contributed by atoms with Crippen molar-refractivity contribution >= 4 is 17.3 Å². The van der Waals surface area contributed by atoms with Gasteiger partial charge in [-0.05, 0) is 30.3 Å². The number of benzene rings is 2. The van der Waals surface area contributed by atoms with E-state index in [0.717, 1.165) is 11.4 Å². The number of nitriles is 1. The fourth-order valence-electron chi connectivity index (χ4n) is 2.22. The van der Waals surface area contributed by atoms with Crippen LogP contribution in [0.1, 0.15) is 12.0 Å². The molecule has 0 aliphatic carbocycles. The number of rotatable bonds is 5. The summed E-state index contributed by atoms with van der Waals surface area (Å²) < 4.78 is 10.5. The zero-order valence-electron chi connectivity index (χ0n) is 12.3. The summed E-state index contributed by atoms with van der Waals surface area (Å²) in [5.41, 5.74) is 2.01. The van der Waals surface area contributed by atoms with Gasteiger partial charge in [0.25, 0.3) is 0 Å². The van der Waals surface area contributed by atoms with Gasteiger partial charge in [0.05, 0.1) is 11.6 Å². The van der Waals surface area contributed by atoms with Crippen LogP contribution in [0.15, 0.2) is 42.5 Å². The summed E-state index contributed by atoms with van der Waals surface area (Å²) >= 11 is 0. The minimum Gasteiger partial charge on any atom is -0.454 e. The number of carbonyl (C=O) groups is 1. The third kappa shape index (κ3) is 3.71. The van der Waals surface area contributed by atoms with Gasteiger partial charge in [0.1, 0.15) is 0 Å². The molecule has 0 saturated carbocycles. The summed E-state index contributed by atoms with van der Waals surface area (Å²) in [4.78, 5) is 11.9. The van der Waals surface area contributed by atoms with Crippen LogP contribution in [0.3, 0.4) is 0 Å². The van der Waals surface area contributed by atoms with Crippen molar-refractivity contribution in [1.82, 2.24) is 0 Å². The van der Waals surface area contributed by atoms with Gasteiger partial charge < -0.3 is 20.1 Å². The average molecular weight is 309 g/mol. The molecule has 0 bridgehead atoms. The van der Waals surface area contributed by atoms with Crippen LogP contribution in [0.25, 0.3) is 0 Å². The molecule has 0 unspecified atom stereocenters. The van der Waals surface area contributed by atoms with E-state index in [1.54, 1.807) is 24.3 Å². The van der Waals surface area contributed by atoms with Crippen molar-refractivity contribution in [2.24, 2.45) is 0 Å². The largest absolute Gasteiger partial charge is 0.454 e. The smallest absolute Gasteiger partial charge is 0.231 e. The predicted molar refractivity (Wildman–Crippen MR) is 85.5 cm³/mol. The van der Waals surface area contributed by atoms with Gasteiger partial charge in [-0.15, -0.1) is 0 Å². The lowest BCUT2D eigenvalue weighted by molar-refractivity contribution is -0.115. The summed E-state index contributed by atoms with van der Waals surface area (Å²) in [7, 11) is 0. The molecule has 23 heavy (non-hydrogen) atoms. The Morgan fingerprint density at radius 1 is 1.13 bits per heavy atom. The fraction of sp³-hybridized carbons (Fsp3) is 0.176. The van der Waals surface area contributed by atoms with Crippen LogP contribution in [0.5, 0.6) is 11.5 Å². The van der Waals surface area contributed by atoms with Crippen LogP contribution in [-0.4, -0.2) is 19.2 Å². The zero-order chi connectivity index (χ0) is 16.1. The highest BCUT2D eigenvalue weighted by atomic mass is 16.7. The third-order valence-electron chi connectivity index (χ3n) is 3.33. The highest BCUT2D eigenvalue weighted by molar-refractivity contribution is 5.91. The number of hydrogen-bond donors (Lipinski definition) is 2. The lowest BCUT2D eigenvalue weighted by Gasteiger charge is -2.08. The molecule has 2 aromatic rings. The summed E-state index contributed by atoms with van der Waals surface area (Å²) in [6.07, 6.45) is 0.311. The van der Waals surface area contributed by atoms with Crippen LogP contribution in [0.2, 0.25) is 0 Å². The van der Waals surface area contributed by atoms with Crippen LogP contribution in [0, 0.1) is 11.3 Å². The van der Waals surface area contributed by atoms with Gasteiger partial charge in [0.15, 0.2) is 11.5 Å². The van der Waals surface area contributed by atoms with E-state index in [-0.39, 0.29) is 12.7 Å². The second-order valence-electron chi connectivity index (χ2n) is 4.99. The monoisotopic (exact) mass is 309 g/mol. The Hall–Kier alpha value is -3.20. The molecule has 1 aliphatic heterocycles. The Balaban J connectivity index is 1.48. The molecule has 0 fully saturated rings. The number of ether oxygens (including phenoxy) is 2. The minimum absolute atomic E-state index is 0.117. The van der Waals surface area contributed by atoms with Crippen molar-refractivity contribution in [3.63, 3.8) is 0 Å². The maximum Gasteiger partial charge on any atom is 0.231 e. The Kier molecular flexibility index (Phi) is 4.29. The SMILES string of the molecule is N#Cc1cccc(NC(=O)CCNc2ccc3c(c2)OCO3)c1. The lowest BCUT2D eigenvalue weighted by Crippen LogP contribution is -2.16. The number of nitrogens with zero attached hydrogens (tertiary/aromatic N) is 1.